The number of nitrogens with one attached hydrogen (secondary N) is 1. The van der Waals surface area contributed by atoms with Crippen LogP contribution in [0.5, 0.6) is 5.75 Å². The van der Waals surface area contributed by atoms with Crippen LogP contribution < -0.4 is 10.1 Å². The number of hydrogen-bond donors (Lipinski definition) is 1. The molecule has 4 rings (SSSR count). The number of aryl methyl sites for hydroxylation is 1. The molecule has 0 bridgehead atoms. The Balaban J connectivity index is 1.28. The molecule has 1 aliphatic heterocycles. The largest absolute Gasteiger partial charge is 0.494 e. The second-order valence-corrected chi connectivity index (χ2v) is 9.83. The zero-order chi connectivity index (χ0) is 23.8. The van der Waals surface area contributed by atoms with Gasteiger partial charge in [0.2, 0.25) is 0 Å². The fourth-order valence-corrected chi connectivity index (χ4v) is 5.00. The highest BCUT2D eigenvalue weighted by Crippen LogP contribution is 2.26. The first-order valence-corrected chi connectivity index (χ1v) is 13.0. The molecule has 1 saturated heterocycles. The van der Waals surface area contributed by atoms with Gasteiger partial charge in [0.1, 0.15) is 5.75 Å². The van der Waals surface area contributed by atoms with Crippen LogP contribution in [0, 0.1) is 5.92 Å². The van der Waals surface area contributed by atoms with Crippen molar-refractivity contribution in [3.63, 3.8) is 0 Å². The van der Waals surface area contributed by atoms with Crippen molar-refractivity contribution in [1.29, 1.82) is 0 Å². The van der Waals surface area contributed by atoms with Crippen molar-refractivity contribution in [1.82, 2.24) is 10.2 Å². The van der Waals surface area contributed by atoms with Crippen molar-refractivity contribution < 1.29 is 14.3 Å². The van der Waals surface area contributed by atoms with Crippen LogP contribution in [0.3, 0.4) is 0 Å². The van der Waals surface area contributed by atoms with E-state index in [2.05, 4.69) is 30.4 Å². The van der Waals surface area contributed by atoms with Gasteiger partial charge >= 0.3 is 0 Å². The summed E-state index contributed by atoms with van der Waals surface area (Å²) >= 11 is 0. The van der Waals surface area contributed by atoms with Gasteiger partial charge in [0.15, 0.2) is 0 Å². The van der Waals surface area contributed by atoms with Gasteiger partial charge in [-0.2, -0.15) is 0 Å². The fraction of sp³-hybridized carbons (Fsp3) is 0.552. The second-order valence-electron chi connectivity index (χ2n) is 9.83. The summed E-state index contributed by atoms with van der Waals surface area (Å²) in [5.41, 5.74) is 4.90. The maximum absolute atomic E-state index is 13.1. The van der Waals surface area contributed by atoms with E-state index in [9.17, 15) is 4.79 Å². The number of nitrogens with zero attached hydrogens (tertiary/aromatic N) is 1. The van der Waals surface area contributed by atoms with E-state index < -0.39 is 0 Å². The fourth-order valence-electron chi connectivity index (χ4n) is 5.00. The van der Waals surface area contributed by atoms with Gasteiger partial charge in [-0.15, -0.1) is 0 Å². The van der Waals surface area contributed by atoms with Crippen LogP contribution in [0.4, 0.5) is 0 Å². The molecular formula is C29H40N2O3. The molecule has 0 spiro atoms. The zero-order valence-corrected chi connectivity index (χ0v) is 20.9. The van der Waals surface area contributed by atoms with Crippen LogP contribution in [-0.2, 0) is 24.1 Å². The minimum Gasteiger partial charge on any atom is -0.494 e. The molecule has 0 radical (unpaired) electrons. The second kappa shape index (κ2) is 12.4. The summed E-state index contributed by atoms with van der Waals surface area (Å²) in [5, 5.41) is 3.64. The number of fused-ring (bicyclic) bond motifs is 1. The number of carbonyl (C=O) groups is 1. The molecule has 2 aliphatic rings. The lowest BCUT2D eigenvalue weighted by atomic mass is 9.86. The Kier molecular flexibility index (Phi) is 9.00. The van der Waals surface area contributed by atoms with Crippen LogP contribution in [0.1, 0.15) is 66.1 Å². The third kappa shape index (κ3) is 6.61. The monoisotopic (exact) mass is 464 g/mol. The standard InChI is InChI=1S/C29H40N2O3/c1-3-4-15-34-28-11-8-24(9-12-28)29(32)31(2)27-10-7-25-18-23(5-6-26(25)19-27)21-30-20-22-13-16-33-17-14-22/h5-6,8-9,11-12,18,22,27,30H,3-4,7,10,13-17,19-21H2,1-2H3/t27-/m0/s1. The molecule has 0 saturated carbocycles. The third-order valence-corrected chi connectivity index (χ3v) is 7.31. The highest BCUT2D eigenvalue weighted by Gasteiger charge is 2.26. The molecule has 1 atom stereocenters. The number of unbranched alkanes of at least 4 members (excludes halogenated alkanes) is 1. The van der Waals surface area contributed by atoms with Gasteiger partial charge < -0.3 is 19.7 Å². The highest BCUT2D eigenvalue weighted by molar-refractivity contribution is 5.94. The molecule has 1 aliphatic carbocycles. The Labute approximate surface area is 204 Å². The third-order valence-electron chi connectivity index (χ3n) is 7.31. The molecule has 5 heteroatoms. The van der Waals surface area contributed by atoms with E-state index in [-0.39, 0.29) is 11.9 Å². The number of likely N-dealkylation sites (N-methyl/N-ethyl adjacent to an activating group) is 1. The van der Waals surface area contributed by atoms with Crippen LogP contribution in [0.25, 0.3) is 0 Å². The Bertz CT molecular complexity index is 921. The van der Waals surface area contributed by atoms with E-state index in [1.807, 2.05) is 36.2 Å². The summed E-state index contributed by atoms with van der Waals surface area (Å²) in [6.07, 6.45) is 7.44. The lowest BCUT2D eigenvalue weighted by Crippen LogP contribution is -2.40. The smallest absolute Gasteiger partial charge is 0.253 e. The molecule has 34 heavy (non-hydrogen) atoms. The Hall–Kier alpha value is -2.37. The lowest BCUT2D eigenvalue weighted by molar-refractivity contribution is 0.0662. The van der Waals surface area contributed by atoms with Crippen LogP contribution in [0.2, 0.25) is 0 Å². The number of ether oxygens (including phenoxy) is 2. The number of benzene rings is 2. The minimum atomic E-state index is 0.0856. The zero-order valence-electron chi connectivity index (χ0n) is 20.9. The Morgan fingerprint density at radius 2 is 1.88 bits per heavy atom. The van der Waals surface area contributed by atoms with E-state index >= 15 is 0 Å². The minimum absolute atomic E-state index is 0.0856. The van der Waals surface area contributed by atoms with Crippen molar-refractivity contribution in [3.05, 3.63) is 64.7 Å². The first-order valence-electron chi connectivity index (χ1n) is 13.0. The lowest BCUT2D eigenvalue weighted by Gasteiger charge is -2.33. The molecule has 2 aromatic carbocycles. The summed E-state index contributed by atoms with van der Waals surface area (Å²) in [4.78, 5) is 15.0. The molecular weight excluding hydrogens is 424 g/mol. The molecule has 2 aromatic rings. The van der Waals surface area contributed by atoms with Gasteiger partial charge in [0, 0.05) is 38.4 Å². The average molecular weight is 465 g/mol. The predicted molar refractivity (Wildman–Crippen MR) is 136 cm³/mol. The number of rotatable bonds is 10. The van der Waals surface area contributed by atoms with Crippen molar-refractivity contribution in [2.24, 2.45) is 5.92 Å². The molecule has 0 aromatic heterocycles. The normalized spacial score (nSPS) is 18.4. The van der Waals surface area contributed by atoms with Crippen molar-refractivity contribution in [3.8, 4) is 5.75 Å². The van der Waals surface area contributed by atoms with E-state index in [0.29, 0.717) is 0 Å². The summed E-state index contributed by atoms with van der Waals surface area (Å²) in [7, 11) is 1.94. The molecule has 0 unspecified atom stereocenters. The predicted octanol–water partition coefficient (Wildman–Crippen LogP) is 5.01. The van der Waals surface area contributed by atoms with E-state index in [4.69, 9.17) is 9.47 Å². The molecule has 1 heterocycles. The Morgan fingerprint density at radius 3 is 2.65 bits per heavy atom. The maximum Gasteiger partial charge on any atom is 0.253 e. The van der Waals surface area contributed by atoms with Gasteiger partial charge in [-0.25, -0.2) is 0 Å². The average Bonchev–Trinajstić information content (AvgIpc) is 2.89. The first-order chi connectivity index (χ1) is 16.6. The van der Waals surface area contributed by atoms with Gasteiger partial charge in [0.25, 0.3) is 5.91 Å². The molecule has 1 N–H and O–H groups in total. The van der Waals surface area contributed by atoms with Crippen LogP contribution in [0.15, 0.2) is 42.5 Å². The van der Waals surface area contributed by atoms with Crippen LogP contribution >= 0.6 is 0 Å². The van der Waals surface area contributed by atoms with Gasteiger partial charge in [-0.05, 0) is 91.9 Å². The van der Waals surface area contributed by atoms with E-state index in [1.165, 1.54) is 29.5 Å². The van der Waals surface area contributed by atoms with Gasteiger partial charge in [0.05, 0.1) is 6.61 Å². The number of hydrogen-bond acceptors (Lipinski definition) is 4. The van der Waals surface area contributed by atoms with Crippen molar-refractivity contribution in [2.75, 3.05) is 33.4 Å². The van der Waals surface area contributed by atoms with Crippen molar-refractivity contribution >= 4 is 5.91 Å². The van der Waals surface area contributed by atoms with Crippen LogP contribution in [-0.4, -0.2) is 50.3 Å². The summed E-state index contributed by atoms with van der Waals surface area (Å²) in [5.74, 6) is 1.66. The first kappa shape index (κ1) is 24.7. The summed E-state index contributed by atoms with van der Waals surface area (Å²) in [6, 6.07) is 14.7. The number of carbonyl (C=O) groups excluding carboxylic acids is 1. The number of amides is 1. The van der Waals surface area contributed by atoms with E-state index in [1.54, 1.807) is 0 Å². The summed E-state index contributed by atoms with van der Waals surface area (Å²) < 4.78 is 11.2. The molecule has 1 fully saturated rings. The van der Waals surface area contributed by atoms with E-state index in [0.717, 1.165) is 82.2 Å². The molecule has 1 amide bonds. The van der Waals surface area contributed by atoms with Gasteiger partial charge in [-0.3, -0.25) is 4.79 Å². The topological polar surface area (TPSA) is 50.8 Å². The SMILES string of the molecule is CCCCOc1ccc(C(=O)N(C)[C@H]2CCc3cc(CNCC4CCOCC4)ccc3C2)cc1. The van der Waals surface area contributed by atoms with Crippen molar-refractivity contribution in [2.45, 2.75) is 64.5 Å². The Morgan fingerprint density at radius 1 is 1.09 bits per heavy atom. The maximum atomic E-state index is 13.1. The molecule has 184 valence electrons. The quantitative estimate of drug-likeness (QED) is 0.502. The van der Waals surface area contributed by atoms with Gasteiger partial charge in [-0.1, -0.05) is 31.5 Å². The molecule has 5 nitrogen and oxygen atoms in total. The summed E-state index contributed by atoms with van der Waals surface area (Å²) in [6.45, 7) is 6.67. The highest BCUT2D eigenvalue weighted by atomic mass is 16.5.